The molecular weight excluding hydrogens is 178 g/mol. The van der Waals surface area contributed by atoms with Crippen LogP contribution < -0.4 is 6.15 Å². The van der Waals surface area contributed by atoms with Gasteiger partial charge in [0.05, 0.1) is 6.67 Å². The lowest BCUT2D eigenvalue weighted by Crippen LogP contribution is -2.20. The van der Waals surface area contributed by atoms with Crippen LogP contribution in [0, 0.1) is 22.7 Å². The third-order valence-corrected chi connectivity index (χ3v) is 1.50. The maximum absolute atomic E-state index is 7.26. The highest BCUT2D eigenvalue weighted by Gasteiger charge is 2.05. The van der Waals surface area contributed by atoms with Gasteiger partial charge in [-0.2, -0.15) is 10.5 Å². The van der Waals surface area contributed by atoms with Crippen LogP contribution in [0.3, 0.4) is 0 Å². The summed E-state index contributed by atoms with van der Waals surface area (Å²) >= 11 is 0. The third-order valence-electron chi connectivity index (χ3n) is 1.50. The zero-order valence-corrected chi connectivity index (χ0v) is 8.35. The van der Waals surface area contributed by atoms with Crippen LogP contribution in [-0.4, -0.2) is 23.0 Å². The fourth-order valence-electron chi connectivity index (χ4n) is 0.808. The van der Waals surface area contributed by atoms with Gasteiger partial charge in [0, 0.05) is 18.9 Å². The van der Waals surface area contributed by atoms with E-state index in [1.807, 2.05) is 17.3 Å². The Morgan fingerprint density at radius 1 is 1.43 bits per heavy atom. The minimum Gasteiger partial charge on any atom is -0.359 e. The summed E-state index contributed by atoms with van der Waals surface area (Å²) in [5.41, 5.74) is 0. The standard InChI is InChI=1S/C7H12N2.C2N2.H3N/c1-3-8-5-6-9(4-2)7-8;3-1-2-4;/h3,5-6H,1,4,7H2,2H3;;1H3. The number of nitriles is 2. The highest BCUT2D eigenvalue weighted by molar-refractivity contribution is 4.99. The van der Waals surface area contributed by atoms with Crippen LogP contribution in [0.2, 0.25) is 0 Å². The predicted octanol–water partition coefficient (Wildman–Crippen LogP) is 1.39. The molecule has 0 aromatic rings. The zero-order valence-electron chi connectivity index (χ0n) is 8.35. The average molecular weight is 193 g/mol. The zero-order chi connectivity index (χ0) is 10.1. The van der Waals surface area contributed by atoms with Gasteiger partial charge >= 0.3 is 0 Å². The highest BCUT2D eigenvalue weighted by Crippen LogP contribution is 2.04. The second-order valence-electron chi connectivity index (χ2n) is 2.26. The van der Waals surface area contributed by atoms with Crippen molar-refractivity contribution in [3.63, 3.8) is 0 Å². The lowest BCUT2D eigenvalue weighted by Gasteiger charge is -2.15. The van der Waals surface area contributed by atoms with Crippen molar-refractivity contribution < 1.29 is 0 Å². The molecule has 0 atom stereocenters. The minimum atomic E-state index is 0. The molecule has 0 bridgehead atoms. The smallest absolute Gasteiger partial charge is 0.181 e. The Morgan fingerprint density at radius 3 is 2.21 bits per heavy atom. The van der Waals surface area contributed by atoms with Crippen molar-refractivity contribution in [3.05, 3.63) is 25.2 Å². The van der Waals surface area contributed by atoms with Gasteiger partial charge in [0.15, 0.2) is 12.1 Å². The monoisotopic (exact) mass is 193 g/mol. The summed E-state index contributed by atoms with van der Waals surface area (Å²) < 4.78 is 0. The third kappa shape index (κ3) is 5.64. The van der Waals surface area contributed by atoms with Gasteiger partial charge in [-0.1, -0.05) is 6.58 Å². The van der Waals surface area contributed by atoms with Crippen molar-refractivity contribution in [1.82, 2.24) is 16.0 Å². The van der Waals surface area contributed by atoms with Crippen LogP contribution in [0.4, 0.5) is 0 Å². The first-order valence-corrected chi connectivity index (χ1v) is 3.87. The first-order chi connectivity index (χ1) is 6.28. The molecule has 1 heterocycles. The Kier molecular flexibility index (Phi) is 9.46. The molecule has 1 aliphatic rings. The van der Waals surface area contributed by atoms with E-state index in [0.29, 0.717) is 0 Å². The largest absolute Gasteiger partial charge is 0.359 e. The minimum absolute atomic E-state index is 0. The van der Waals surface area contributed by atoms with E-state index >= 15 is 0 Å². The Balaban J connectivity index is 0. The summed E-state index contributed by atoms with van der Waals surface area (Å²) in [6.07, 6.45) is 5.92. The van der Waals surface area contributed by atoms with E-state index in [2.05, 4.69) is 24.6 Å². The molecule has 0 unspecified atom stereocenters. The van der Waals surface area contributed by atoms with Crippen molar-refractivity contribution in [3.8, 4) is 12.1 Å². The fourth-order valence-corrected chi connectivity index (χ4v) is 0.808. The van der Waals surface area contributed by atoms with Crippen molar-refractivity contribution in [2.24, 2.45) is 0 Å². The van der Waals surface area contributed by atoms with E-state index in [0.717, 1.165) is 13.2 Å². The van der Waals surface area contributed by atoms with E-state index in [4.69, 9.17) is 10.5 Å². The first kappa shape index (κ1) is 14.5. The van der Waals surface area contributed by atoms with Gasteiger partial charge in [0.1, 0.15) is 0 Å². The normalized spacial score (nSPS) is 11.6. The maximum Gasteiger partial charge on any atom is 0.181 e. The maximum atomic E-state index is 7.26. The average Bonchev–Trinajstić information content (AvgIpc) is 2.66. The number of hydrogen-bond donors (Lipinski definition) is 1. The molecule has 0 radical (unpaired) electrons. The van der Waals surface area contributed by atoms with Crippen LogP contribution in [0.25, 0.3) is 0 Å². The molecule has 76 valence electrons. The van der Waals surface area contributed by atoms with Crippen LogP contribution in [-0.2, 0) is 0 Å². The van der Waals surface area contributed by atoms with Crippen LogP contribution in [0.15, 0.2) is 25.2 Å². The molecule has 3 N–H and O–H groups in total. The number of rotatable bonds is 2. The molecule has 0 aliphatic carbocycles. The molecule has 0 spiro atoms. The molecule has 5 heteroatoms. The molecule has 14 heavy (non-hydrogen) atoms. The van der Waals surface area contributed by atoms with Gasteiger partial charge in [-0.25, -0.2) is 0 Å². The van der Waals surface area contributed by atoms with Gasteiger partial charge in [-0.15, -0.1) is 0 Å². The SMILES string of the molecule is C=CN1C=CN(CC)C1.N.N#CC#N. The molecule has 0 aromatic carbocycles. The van der Waals surface area contributed by atoms with Crippen molar-refractivity contribution in [2.75, 3.05) is 13.2 Å². The van der Waals surface area contributed by atoms with Crippen molar-refractivity contribution >= 4 is 0 Å². The Morgan fingerprint density at radius 2 is 2.00 bits per heavy atom. The summed E-state index contributed by atoms with van der Waals surface area (Å²) in [4.78, 5) is 4.26. The molecule has 0 saturated carbocycles. The first-order valence-electron chi connectivity index (χ1n) is 3.87. The fraction of sp³-hybridized carbons (Fsp3) is 0.333. The lowest BCUT2D eigenvalue weighted by atomic mass is 10.6. The van der Waals surface area contributed by atoms with E-state index in [9.17, 15) is 0 Å². The summed E-state index contributed by atoms with van der Waals surface area (Å²) in [5, 5.41) is 14.5. The molecule has 0 fully saturated rings. The van der Waals surface area contributed by atoms with Crippen LogP contribution >= 0.6 is 0 Å². The van der Waals surface area contributed by atoms with Crippen LogP contribution in [0.5, 0.6) is 0 Å². The van der Waals surface area contributed by atoms with Gasteiger partial charge in [-0.05, 0) is 13.1 Å². The topological polar surface area (TPSA) is 89.1 Å². The highest BCUT2D eigenvalue weighted by atomic mass is 15.3. The molecular formula is C9H15N5. The van der Waals surface area contributed by atoms with Crippen molar-refractivity contribution in [1.29, 1.82) is 10.5 Å². The van der Waals surface area contributed by atoms with Gasteiger partial charge < -0.3 is 16.0 Å². The van der Waals surface area contributed by atoms with E-state index < -0.39 is 0 Å². The van der Waals surface area contributed by atoms with Gasteiger partial charge in [0.25, 0.3) is 0 Å². The Bertz CT molecular complexity index is 245. The predicted molar refractivity (Wildman–Crippen MR) is 54.7 cm³/mol. The quantitative estimate of drug-likeness (QED) is 0.715. The summed E-state index contributed by atoms with van der Waals surface area (Å²) in [7, 11) is 0. The molecule has 1 aliphatic heterocycles. The molecule has 0 amide bonds. The molecule has 1 rings (SSSR count). The number of hydrogen-bond acceptors (Lipinski definition) is 5. The molecule has 5 nitrogen and oxygen atoms in total. The van der Waals surface area contributed by atoms with Crippen LogP contribution in [0.1, 0.15) is 6.92 Å². The van der Waals surface area contributed by atoms with E-state index in [1.54, 1.807) is 0 Å². The molecule has 0 aromatic heterocycles. The second-order valence-corrected chi connectivity index (χ2v) is 2.26. The summed E-state index contributed by atoms with van der Waals surface area (Å²) in [6.45, 7) is 7.82. The summed E-state index contributed by atoms with van der Waals surface area (Å²) in [6, 6.07) is 2.47. The Labute approximate surface area is 84.7 Å². The second kappa shape index (κ2) is 9.11. The molecule has 0 saturated heterocycles. The van der Waals surface area contributed by atoms with Gasteiger partial charge in [0.2, 0.25) is 0 Å². The summed E-state index contributed by atoms with van der Waals surface area (Å²) in [5.74, 6) is 0. The number of nitrogens with zero attached hydrogens (tertiary/aromatic N) is 4. The van der Waals surface area contributed by atoms with Crippen molar-refractivity contribution in [2.45, 2.75) is 6.92 Å². The van der Waals surface area contributed by atoms with E-state index in [1.165, 1.54) is 12.1 Å². The van der Waals surface area contributed by atoms with Gasteiger partial charge in [-0.3, -0.25) is 0 Å². The lowest BCUT2D eigenvalue weighted by molar-refractivity contribution is 0.328. The van der Waals surface area contributed by atoms with E-state index in [-0.39, 0.29) is 6.15 Å². The Hall–Kier alpha value is -1.98.